The van der Waals surface area contributed by atoms with Gasteiger partial charge < -0.3 is 9.84 Å². The van der Waals surface area contributed by atoms with Crippen molar-refractivity contribution in [3.05, 3.63) is 84.2 Å². The van der Waals surface area contributed by atoms with Crippen LogP contribution in [-0.4, -0.2) is 33.9 Å². The molecule has 0 saturated carbocycles. The number of carbonyl (C=O) groups is 1. The van der Waals surface area contributed by atoms with Crippen LogP contribution in [0.2, 0.25) is 0 Å². The highest BCUT2D eigenvalue weighted by molar-refractivity contribution is 7.98. The Labute approximate surface area is 183 Å². The summed E-state index contributed by atoms with van der Waals surface area (Å²) in [7, 11) is 0. The van der Waals surface area contributed by atoms with Crippen molar-refractivity contribution in [1.82, 2.24) is 20.4 Å². The van der Waals surface area contributed by atoms with E-state index in [2.05, 4.69) is 22.0 Å². The second-order valence-electron chi connectivity index (χ2n) is 6.98. The predicted octanol–water partition coefficient (Wildman–Crippen LogP) is 5.28. The number of hydrogen-bond donors (Lipinski definition) is 1. The molecule has 4 rings (SSSR count). The standard InChI is InChI=1S/C23H21FN4O2S/c1-4-13-28-14(2)19(20(25-23(28)29)15-5-9-17(24)10-6-15)22-26-21(27-30-22)16-7-11-18(31-3)12-8-16/h4-12,20H,1,13H2,2-3H3,(H,25,29). The molecular formula is C23H21FN4O2S. The molecule has 0 bridgehead atoms. The number of rotatable bonds is 6. The Kier molecular flexibility index (Phi) is 5.90. The van der Waals surface area contributed by atoms with Crippen LogP contribution in [0, 0.1) is 5.82 Å². The van der Waals surface area contributed by atoms with E-state index in [0.29, 0.717) is 35.1 Å². The van der Waals surface area contributed by atoms with Crippen LogP contribution in [0.4, 0.5) is 9.18 Å². The number of nitrogens with zero attached hydrogens (tertiary/aromatic N) is 3. The van der Waals surface area contributed by atoms with E-state index >= 15 is 0 Å². The number of allylic oxidation sites excluding steroid dienone is 1. The largest absolute Gasteiger partial charge is 0.334 e. The van der Waals surface area contributed by atoms with Crippen LogP contribution < -0.4 is 5.32 Å². The molecule has 1 aliphatic rings. The molecule has 1 aliphatic heterocycles. The van der Waals surface area contributed by atoms with E-state index in [4.69, 9.17) is 4.52 Å². The van der Waals surface area contributed by atoms with Gasteiger partial charge in [-0.3, -0.25) is 4.90 Å². The van der Waals surface area contributed by atoms with Gasteiger partial charge in [0.15, 0.2) is 0 Å². The molecule has 3 aromatic rings. The first-order valence-corrected chi connectivity index (χ1v) is 10.9. The fraction of sp³-hybridized carbons (Fsp3) is 0.174. The summed E-state index contributed by atoms with van der Waals surface area (Å²) in [6.07, 6.45) is 3.66. The number of carbonyl (C=O) groups excluding carboxylic acids is 1. The first-order chi connectivity index (χ1) is 15.0. The Balaban J connectivity index is 1.78. The normalized spacial score (nSPS) is 16.4. The summed E-state index contributed by atoms with van der Waals surface area (Å²) in [6, 6.07) is 13.0. The molecule has 0 radical (unpaired) electrons. The Morgan fingerprint density at radius 2 is 1.94 bits per heavy atom. The van der Waals surface area contributed by atoms with Gasteiger partial charge in [-0.05, 0) is 55.1 Å². The van der Waals surface area contributed by atoms with Gasteiger partial charge >= 0.3 is 6.03 Å². The molecule has 1 N–H and O–H groups in total. The van der Waals surface area contributed by atoms with E-state index < -0.39 is 6.04 Å². The Hall–Kier alpha value is -3.39. The van der Waals surface area contributed by atoms with Gasteiger partial charge in [0, 0.05) is 22.7 Å². The van der Waals surface area contributed by atoms with E-state index in [0.717, 1.165) is 10.5 Å². The van der Waals surface area contributed by atoms with E-state index in [1.54, 1.807) is 34.9 Å². The molecular weight excluding hydrogens is 415 g/mol. The molecule has 2 aromatic carbocycles. The van der Waals surface area contributed by atoms with Gasteiger partial charge in [-0.1, -0.05) is 23.4 Å². The van der Waals surface area contributed by atoms with Crippen molar-refractivity contribution in [2.75, 3.05) is 12.8 Å². The van der Waals surface area contributed by atoms with E-state index in [-0.39, 0.29) is 11.8 Å². The minimum absolute atomic E-state index is 0.275. The maximum atomic E-state index is 13.5. The number of hydrogen-bond acceptors (Lipinski definition) is 5. The third-order valence-electron chi connectivity index (χ3n) is 5.12. The van der Waals surface area contributed by atoms with Gasteiger partial charge in [0.25, 0.3) is 5.89 Å². The van der Waals surface area contributed by atoms with Gasteiger partial charge in [-0.15, -0.1) is 18.3 Å². The molecule has 2 amide bonds. The van der Waals surface area contributed by atoms with Crippen LogP contribution in [0.3, 0.4) is 0 Å². The lowest BCUT2D eigenvalue weighted by Crippen LogP contribution is -2.46. The third-order valence-corrected chi connectivity index (χ3v) is 5.86. The van der Waals surface area contributed by atoms with E-state index in [9.17, 15) is 9.18 Å². The highest BCUT2D eigenvalue weighted by atomic mass is 32.2. The van der Waals surface area contributed by atoms with Crippen LogP contribution in [0.15, 0.2) is 76.3 Å². The van der Waals surface area contributed by atoms with Crippen LogP contribution in [0.1, 0.15) is 24.4 Å². The molecule has 1 atom stereocenters. The molecule has 0 spiro atoms. The van der Waals surface area contributed by atoms with Crippen LogP contribution >= 0.6 is 11.8 Å². The summed E-state index contributed by atoms with van der Waals surface area (Å²) in [5.74, 6) is 0.396. The molecule has 0 aliphatic carbocycles. The number of benzene rings is 2. The second kappa shape index (κ2) is 8.77. The predicted molar refractivity (Wildman–Crippen MR) is 119 cm³/mol. The average Bonchev–Trinajstić information content (AvgIpc) is 3.26. The summed E-state index contributed by atoms with van der Waals surface area (Å²) in [6.45, 7) is 5.88. The van der Waals surface area contributed by atoms with Crippen molar-refractivity contribution in [2.45, 2.75) is 17.9 Å². The Bertz CT molecular complexity index is 1140. The number of thioether (sulfide) groups is 1. The molecule has 2 heterocycles. The summed E-state index contributed by atoms with van der Waals surface area (Å²) in [5.41, 5.74) is 2.87. The van der Waals surface area contributed by atoms with Crippen molar-refractivity contribution in [1.29, 1.82) is 0 Å². The highest BCUT2D eigenvalue weighted by Gasteiger charge is 2.35. The number of nitrogens with one attached hydrogen (secondary N) is 1. The smallest absolute Gasteiger partial charge is 0.322 e. The number of amides is 2. The van der Waals surface area contributed by atoms with Crippen molar-refractivity contribution in [3.63, 3.8) is 0 Å². The zero-order chi connectivity index (χ0) is 22.0. The highest BCUT2D eigenvalue weighted by Crippen LogP contribution is 2.37. The first-order valence-electron chi connectivity index (χ1n) is 9.65. The SMILES string of the molecule is C=CCN1C(=O)NC(c2ccc(F)cc2)C(c2nc(-c3ccc(SC)cc3)no2)=C1C. The van der Waals surface area contributed by atoms with E-state index in [1.165, 1.54) is 12.1 Å². The zero-order valence-electron chi connectivity index (χ0n) is 17.1. The van der Waals surface area contributed by atoms with Crippen molar-refractivity contribution in [2.24, 2.45) is 0 Å². The lowest BCUT2D eigenvalue weighted by atomic mass is 9.94. The quantitative estimate of drug-likeness (QED) is 0.420. The molecule has 6 nitrogen and oxygen atoms in total. The van der Waals surface area contributed by atoms with Crippen LogP contribution in [-0.2, 0) is 0 Å². The zero-order valence-corrected chi connectivity index (χ0v) is 17.9. The molecule has 1 unspecified atom stereocenters. The van der Waals surface area contributed by atoms with Crippen molar-refractivity contribution >= 4 is 23.4 Å². The van der Waals surface area contributed by atoms with Crippen LogP contribution in [0.5, 0.6) is 0 Å². The van der Waals surface area contributed by atoms with Crippen molar-refractivity contribution in [3.8, 4) is 11.4 Å². The number of urea groups is 1. The topological polar surface area (TPSA) is 71.3 Å². The van der Waals surface area contributed by atoms with E-state index in [1.807, 2.05) is 37.4 Å². The lowest BCUT2D eigenvalue weighted by molar-refractivity contribution is 0.209. The molecule has 0 fully saturated rings. The molecule has 0 saturated heterocycles. The minimum Gasteiger partial charge on any atom is -0.334 e. The maximum Gasteiger partial charge on any atom is 0.322 e. The van der Waals surface area contributed by atoms with Crippen LogP contribution in [0.25, 0.3) is 17.0 Å². The monoisotopic (exact) mass is 436 g/mol. The summed E-state index contributed by atoms with van der Waals surface area (Å²) in [5, 5.41) is 7.10. The fourth-order valence-corrected chi connectivity index (χ4v) is 3.91. The number of aromatic nitrogens is 2. The van der Waals surface area contributed by atoms with Gasteiger partial charge in [0.05, 0.1) is 11.6 Å². The Morgan fingerprint density at radius 3 is 2.58 bits per heavy atom. The maximum absolute atomic E-state index is 13.5. The molecule has 158 valence electrons. The number of halogens is 1. The third kappa shape index (κ3) is 4.11. The fourth-order valence-electron chi connectivity index (χ4n) is 3.50. The Morgan fingerprint density at radius 1 is 1.23 bits per heavy atom. The van der Waals surface area contributed by atoms with Gasteiger partial charge in [-0.2, -0.15) is 4.98 Å². The summed E-state index contributed by atoms with van der Waals surface area (Å²) in [4.78, 5) is 20.0. The molecule has 1 aromatic heterocycles. The average molecular weight is 437 g/mol. The lowest BCUT2D eigenvalue weighted by Gasteiger charge is -2.34. The molecule has 8 heteroatoms. The first kappa shape index (κ1) is 20.9. The second-order valence-corrected chi connectivity index (χ2v) is 7.86. The van der Waals surface area contributed by atoms with Gasteiger partial charge in [-0.25, -0.2) is 9.18 Å². The molecule has 31 heavy (non-hydrogen) atoms. The van der Waals surface area contributed by atoms with Crippen molar-refractivity contribution < 1.29 is 13.7 Å². The van der Waals surface area contributed by atoms with Gasteiger partial charge in [0.2, 0.25) is 5.82 Å². The van der Waals surface area contributed by atoms with Gasteiger partial charge in [0.1, 0.15) is 5.82 Å². The summed E-state index contributed by atoms with van der Waals surface area (Å²) >= 11 is 1.65. The minimum atomic E-state index is -0.554. The summed E-state index contributed by atoms with van der Waals surface area (Å²) < 4.78 is 19.1.